The normalized spacial score (nSPS) is 25.9. The quantitative estimate of drug-likeness (QED) is 0.788. The highest BCUT2D eigenvalue weighted by Gasteiger charge is 2.51. The van der Waals surface area contributed by atoms with Gasteiger partial charge in [-0.15, -0.1) is 0 Å². The van der Waals surface area contributed by atoms with E-state index in [9.17, 15) is 4.79 Å². The Balaban J connectivity index is 1.77. The largest absolute Gasteiger partial charge is 0.494 e. The van der Waals surface area contributed by atoms with Crippen molar-refractivity contribution < 1.29 is 14.1 Å². The fraction of sp³-hybridized carbons (Fsp3) is 0.611. The topological polar surface area (TPSA) is 38.8 Å². The van der Waals surface area contributed by atoms with E-state index in [0.717, 1.165) is 24.8 Å². The minimum atomic E-state index is -0.332. The van der Waals surface area contributed by atoms with Crippen LogP contribution in [0.3, 0.4) is 0 Å². The number of hydrogen-bond acceptors (Lipinski definition) is 3. The van der Waals surface area contributed by atoms with Gasteiger partial charge in [-0.25, -0.2) is 0 Å². The van der Waals surface area contributed by atoms with Crippen LogP contribution in [-0.4, -0.2) is 35.7 Å². The van der Waals surface area contributed by atoms with Gasteiger partial charge in [0, 0.05) is 13.5 Å². The summed E-state index contributed by atoms with van der Waals surface area (Å²) in [5.41, 5.74) is 1.57. The molecular formula is C18H26BNO3. The summed E-state index contributed by atoms with van der Waals surface area (Å²) >= 11 is 0. The summed E-state index contributed by atoms with van der Waals surface area (Å²) in [6.45, 7) is 10.8. The Hall–Kier alpha value is -1.33. The van der Waals surface area contributed by atoms with Crippen molar-refractivity contribution in [3.63, 3.8) is 0 Å². The Kier molecular flexibility index (Phi) is 4.05. The van der Waals surface area contributed by atoms with Crippen molar-refractivity contribution in [2.75, 3.05) is 6.54 Å². The van der Waals surface area contributed by atoms with Crippen molar-refractivity contribution >= 4 is 18.5 Å². The van der Waals surface area contributed by atoms with E-state index in [1.54, 1.807) is 6.92 Å². The number of likely N-dealkylation sites (tertiary alicyclic amines) is 1. The maximum Gasteiger partial charge on any atom is 0.494 e. The average Bonchev–Trinajstić information content (AvgIpc) is 3.02. The molecule has 3 rings (SSSR count). The van der Waals surface area contributed by atoms with Crippen LogP contribution in [0.5, 0.6) is 0 Å². The predicted molar refractivity (Wildman–Crippen MR) is 91.5 cm³/mol. The van der Waals surface area contributed by atoms with Crippen LogP contribution in [0.15, 0.2) is 24.3 Å². The number of carbonyl (C=O) groups is 1. The first-order chi connectivity index (χ1) is 10.7. The second kappa shape index (κ2) is 5.64. The van der Waals surface area contributed by atoms with Gasteiger partial charge in [0.2, 0.25) is 5.91 Å². The third-order valence-corrected chi connectivity index (χ3v) is 5.50. The van der Waals surface area contributed by atoms with Crippen LogP contribution in [0, 0.1) is 0 Å². The maximum atomic E-state index is 11.7. The van der Waals surface area contributed by atoms with Gasteiger partial charge in [-0.05, 0) is 51.6 Å². The number of rotatable bonds is 2. The van der Waals surface area contributed by atoms with Crippen LogP contribution in [-0.2, 0) is 14.1 Å². The summed E-state index contributed by atoms with van der Waals surface area (Å²) in [6.07, 6.45) is 2.11. The fourth-order valence-electron chi connectivity index (χ4n) is 3.34. The second-order valence-corrected chi connectivity index (χ2v) is 7.63. The molecule has 23 heavy (non-hydrogen) atoms. The van der Waals surface area contributed by atoms with Crippen LogP contribution in [0.1, 0.15) is 59.1 Å². The molecule has 1 aromatic carbocycles. The highest BCUT2D eigenvalue weighted by molar-refractivity contribution is 6.62. The summed E-state index contributed by atoms with van der Waals surface area (Å²) in [4.78, 5) is 13.7. The summed E-state index contributed by atoms with van der Waals surface area (Å²) in [7, 11) is -0.332. The molecule has 2 aliphatic heterocycles. The Labute approximate surface area is 139 Å². The van der Waals surface area contributed by atoms with E-state index in [-0.39, 0.29) is 30.3 Å². The van der Waals surface area contributed by atoms with Gasteiger partial charge in [-0.1, -0.05) is 24.3 Å². The monoisotopic (exact) mass is 315 g/mol. The summed E-state index contributed by atoms with van der Waals surface area (Å²) in [5.74, 6) is 0.155. The van der Waals surface area contributed by atoms with Gasteiger partial charge >= 0.3 is 7.12 Å². The molecule has 4 nitrogen and oxygen atoms in total. The molecule has 2 heterocycles. The van der Waals surface area contributed by atoms with E-state index >= 15 is 0 Å². The maximum absolute atomic E-state index is 11.7. The summed E-state index contributed by atoms with van der Waals surface area (Å²) < 4.78 is 12.2. The van der Waals surface area contributed by atoms with Crippen LogP contribution < -0.4 is 5.46 Å². The molecule has 1 amide bonds. The first kappa shape index (κ1) is 16.5. The van der Waals surface area contributed by atoms with Crippen LogP contribution in [0.25, 0.3) is 0 Å². The third kappa shape index (κ3) is 2.92. The average molecular weight is 315 g/mol. The standard InChI is InChI=1S/C18H26BNO3/c1-13(21)20-12-6-7-16(20)14-8-10-15(11-9-14)19-22-17(2,3)18(4,5)23-19/h8-11,16H,6-7,12H2,1-5H3. The van der Waals surface area contributed by atoms with E-state index in [0.29, 0.717) is 0 Å². The highest BCUT2D eigenvalue weighted by Crippen LogP contribution is 2.37. The summed E-state index contributed by atoms with van der Waals surface area (Å²) in [5, 5.41) is 0. The van der Waals surface area contributed by atoms with Gasteiger partial charge in [0.05, 0.1) is 17.2 Å². The van der Waals surface area contributed by atoms with Gasteiger partial charge < -0.3 is 14.2 Å². The van der Waals surface area contributed by atoms with Gasteiger partial charge in [0.1, 0.15) is 0 Å². The SMILES string of the molecule is CC(=O)N1CCCC1c1ccc(B2OC(C)(C)C(C)(C)O2)cc1. The van der Waals surface area contributed by atoms with Gasteiger partial charge in [0.25, 0.3) is 0 Å². The molecule has 0 bridgehead atoms. The molecule has 2 saturated heterocycles. The molecule has 0 aromatic heterocycles. The van der Waals surface area contributed by atoms with Gasteiger partial charge in [0.15, 0.2) is 0 Å². The lowest BCUT2D eigenvalue weighted by Crippen LogP contribution is -2.41. The number of hydrogen-bond donors (Lipinski definition) is 0. The molecule has 1 unspecified atom stereocenters. The molecule has 2 aliphatic rings. The molecule has 5 heteroatoms. The molecule has 2 fully saturated rings. The molecule has 0 aliphatic carbocycles. The zero-order valence-electron chi connectivity index (χ0n) is 14.8. The molecule has 1 aromatic rings. The molecule has 0 N–H and O–H groups in total. The van der Waals surface area contributed by atoms with Crippen molar-refractivity contribution in [3.05, 3.63) is 29.8 Å². The fourth-order valence-corrected chi connectivity index (χ4v) is 3.34. The molecule has 0 spiro atoms. The second-order valence-electron chi connectivity index (χ2n) is 7.63. The first-order valence-electron chi connectivity index (χ1n) is 8.44. The van der Waals surface area contributed by atoms with E-state index < -0.39 is 0 Å². The molecule has 0 saturated carbocycles. The summed E-state index contributed by atoms with van der Waals surface area (Å²) in [6, 6.07) is 8.54. The van der Waals surface area contributed by atoms with E-state index in [2.05, 4.69) is 52.0 Å². The van der Waals surface area contributed by atoms with Gasteiger partial charge in [-0.2, -0.15) is 0 Å². The Bertz CT molecular complexity index is 581. The lowest BCUT2D eigenvalue weighted by molar-refractivity contribution is -0.129. The van der Waals surface area contributed by atoms with Gasteiger partial charge in [-0.3, -0.25) is 4.79 Å². The highest BCUT2D eigenvalue weighted by atomic mass is 16.7. The van der Waals surface area contributed by atoms with E-state index in [1.807, 2.05) is 4.90 Å². The Morgan fingerprint density at radius 2 is 1.70 bits per heavy atom. The lowest BCUT2D eigenvalue weighted by Gasteiger charge is -2.32. The minimum absolute atomic E-state index is 0.155. The Morgan fingerprint density at radius 1 is 1.13 bits per heavy atom. The third-order valence-electron chi connectivity index (χ3n) is 5.50. The van der Waals surface area contributed by atoms with E-state index in [1.165, 1.54) is 5.56 Å². The zero-order valence-corrected chi connectivity index (χ0v) is 14.8. The predicted octanol–water partition coefficient (Wildman–Crippen LogP) is 2.67. The van der Waals surface area contributed by atoms with Crippen molar-refractivity contribution in [2.45, 2.75) is 64.7 Å². The van der Waals surface area contributed by atoms with Crippen molar-refractivity contribution in [3.8, 4) is 0 Å². The smallest absolute Gasteiger partial charge is 0.399 e. The minimum Gasteiger partial charge on any atom is -0.399 e. The first-order valence-corrected chi connectivity index (χ1v) is 8.44. The molecule has 1 atom stereocenters. The molecule has 124 valence electrons. The van der Waals surface area contributed by atoms with Crippen LogP contribution >= 0.6 is 0 Å². The van der Waals surface area contributed by atoms with Crippen LogP contribution in [0.4, 0.5) is 0 Å². The number of benzene rings is 1. The van der Waals surface area contributed by atoms with Crippen molar-refractivity contribution in [1.29, 1.82) is 0 Å². The van der Waals surface area contributed by atoms with Crippen LogP contribution in [0.2, 0.25) is 0 Å². The number of amides is 1. The van der Waals surface area contributed by atoms with Crippen molar-refractivity contribution in [2.24, 2.45) is 0 Å². The number of nitrogens with zero attached hydrogens (tertiary/aromatic N) is 1. The van der Waals surface area contributed by atoms with E-state index in [4.69, 9.17) is 9.31 Å². The van der Waals surface area contributed by atoms with Crippen molar-refractivity contribution in [1.82, 2.24) is 4.90 Å². The molecule has 0 radical (unpaired) electrons. The zero-order chi connectivity index (χ0) is 16.8. The Morgan fingerprint density at radius 3 is 2.22 bits per heavy atom. The molecular weight excluding hydrogens is 289 g/mol. The number of carbonyl (C=O) groups excluding carboxylic acids is 1. The lowest BCUT2D eigenvalue weighted by atomic mass is 9.78.